The Hall–Kier alpha value is -1.53. The zero-order valence-corrected chi connectivity index (χ0v) is 7.89. The Bertz CT molecular complexity index is 370. The zero-order valence-electron chi connectivity index (χ0n) is 7.89. The average Bonchev–Trinajstić information content (AvgIpc) is 2.17. The molecule has 0 heterocycles. The number of aliphatic hydroxyl groups excluding tert-OH is 1. The van der Waals surface area contributed by atoms with Crippen LogP contribution in [0.2, 0.25) is 0 Å². The van der Waals surface area contributed by atoms with Crippen molar-refractivity contribution < 1.29 is 14.4 Å². The number of halogens is 1. The maximum atomic E-state index is 12.8. The van der Waals surface area contributed by atoms with Crippen molar-refractivity contribution in [3.63, 3.8) is 0 Å². The molecular weight excluding hydrogens is 203 g/mol. The maximum Gasteiger partial charge on any atom is 0.275 e. The average molecular weight is 214 g/mol. The van der Waals surface area contributed by atoms with Crippen LogP contribution < -0.4 is 5.73 Å². The van der Waals surface area contributed by atoms with Gasteiger partial charge in [0, 0.05) is 6.07 Å². The van der Waals surface area contributed by atoms with Crippen LogP contribution in [0.3, 0.4) is 0 Å². The van der Waals surface area contributed by atoms with Gasteiger partial charge in [-0.3, -0.25) is 10.1 Å². The molecule has 0 fully saturated rings. The molecule has 5 nitrogen and oxygen atoms in total. The molecule has 1 atom stereocenters. The highest BCUT2D eigenvalue weighted by Crippen LogP contribution is 2.27. The molecule has 0 radical (unpaired) electrons. The van der Waals surface area contributed by atoms with E-state index in [1.54, 1.807) is 0 Å². The first-order chi connectivity index (χ1) is 7.06. The van der Waals surface area contributed by atoms with Gasteiger partial charge in [-0.05, 0) is 25.1 Å². The first kappa shape index (κ1) is 11.5. The van der Waals surface area contributed by atoms with Gasteiger partial charge in [0.05, 0.1) is 16.6 Å². The summed E-state index contributed by atoms with van der Waals surface area (Å²) in [5, 5.41) is 20.1. The third-order valence-electron chi connectivity index (χ3n) is 1.99. The van der Waals surface area contributed by atoms with Gasteiger partial charge in [-0.2, -0.15) is 0 Å². The van der Waals surface area contributed by atoms with Crippen LogP contribution in [0.4, 0.5) is 10.1 Å². The second-order valence-electron chi connectivity index (χ2n) is 3.05. The SMILES string of the molecule is NCC[C@H](O)c1cc(F)ccc1[N+](=O)[O-]. The van der Waals surface area contributed by atoms with Gasteiger partial charge >= 0.3 is 0 Å². The molecule has 3 N–H and O–H groups in total. The van der Waals surface area contributed by atoms with Gasteiger partial charge < -0.3 is 10.8 Å². The van der Waals surface area contributed by atoms with Crippen LogP contribution in [-0.4, -0.2) is 16.6 Å². The van der Waals surface area contributed by atoms with E-state index < -0.39 is 16.8 Å². The Balaban J connectivity index is 3.12. The van der Waals surface area contributed by atoms with Gasteiger partial charge in [0.1, 0.15) is 5.82 Å². The molecular formula is C9H11FN2O3. The number of nitrogens with zero attached hydrogens (tertiary/aromatic N) is 1. The number of aliphatic hydroxyl groups is 1. The molecule has 15 heavy (non-hydrogen) atoms. The monoisotopic (exact) mass is 214 g/mol. The molecule has 0 aliphatic heterocycles. The molecule has 1 rings (SSSR count). The Morgan fingerprint density at radius 3 is 2.80 bits per heavy atom. The van der Waals surface area contributed by atoms with E-state index in [0.717, 1.165) is 18.2 Å². The standard InChI is InChI=1S/C9H11FN2O3/c10-6-1-2-8(12(14)15)7(5-6)9(13)3-4-11/h1-2,5,9,13H,3-4,11H2/t9-/m0/s1. The topological polar surface area (TPSA) is 89.4 Å². The third-order valence-corrected chi connectivity index (χ3v) is 1.99. The van der Waals surface area contributed by atoms with Crippen molar-refractivity contribution in [2.45, 2.75) is 12.5 Å². The smallest absolute Gasteiger partial charge is 0.275 e. The number of hydrogen-bond donors (Lipinski definition) is 2. The van der Waals surface area contributed by atoms with E-state index >= 15 is 0 Å². The van der Waals surface area contributed by atoms with E-state index in [0.29, 0.717) is 0 Å². The number of benzene rings is 1. The molecule has 1 aromatic rings. The number of rotatable bonds is 4. The predicted octanol–water partition coefficient (Wildman–Crippen LogP) is 1.12. The summed E-state index contributed by atoms with van der Waals surface area (Å²) in [7, 11) is 0. The van der Waals surface area contributed by atoms with Crippen LogP contribution in [-0.2, 0) is 0 Å². The molecule has 0 saturated heterocycles. The maximum absolute atomic E-state index is 12.8. The number of nitrogens with two attached hydrogens (primary N) is 1. The van der Waals surface area contributed by atoms with Crippen molar-refractivity contribution in [2.75, 3.05) is 6.54 Å². The fourth-order valence-electron chi connectivity index (χ4n) is 1.27. The van der Waals surface area contributed by atoms with Gasteiger partial charge in [0.2, 0.25) is 0 Å². The van der Waals surface area contributed by atoms with Gasteiger partial charge in [-0.1, -0.05) is 0 Å². The van der Waals surface area contributed by atoms with Crippen molar-refractivity contribution in [3.05, 3.63) is 39.7 Å². The Labute approximate surface area is 85.5 Å². The lowest BCUT2D eigenvalue weighted by molar-refractivity contribution is -0.386. The Kier molecular flexibility index (Phi) is 3.70. The summed E-state index contributed by atoms with van der Waals surface area (Å²) in [5.41, 5.74) is 4.88. The molecule has 0 aromatic heterocycles. The minimum absolute atomic E-state index is 0.0366. The molecule has 0 aliphatic rings. The summed E-state index contributed by atoms with van der Waals surface area (Å²) in [6.45, 7) is 0.175. The molecule has 0 spiro atoms. The van der Waals surface area contributed by atoms with E-state index in [2.05, 4.69) is 0 Å². The van der Waals surface area contributed by atoms with Crippen LogP contribution in [0.5, 0.6) is 0 Å². The third kappa shape index (κ3) is 2.71. The molecule has 0 saturated carbocycles. The largest absolute Gasteiger partial charge is 0.388 e. The van der Waals surface area contributed by atoms with E-state index in [9.17, 15) is 19.6 Å². The second kappa shape index (κ2) is 4.81. The van der Waals surface area contributed by atoms with Crippen molar-refractivity contribution in [3.8, 4) is 0 Å². The summed E-state index contributed by atoms with van der Waals surface area (Å²) < 4.78 is 12.8. The van der Waals surface area contributed by atoms with Crippen molar-refractivity contribution in [1.29, 1.82) is 0 Å². The van der Waals surface area contributed by atoms with Crippen LogP contribution in [0.25, 0.3) is 0 Å². The summed E-state index contributed by atoms with van der Waals surface area (Å²) >= 11 is 0. The van der Waals surface area contributed by atoms with Crippen LogP contribution >= 0.6 is 0 Å². The second-order valence-corrected chi connectivity index (χ2v) is 3.05. The molecule has 1 aromatic carbocycles. The van der Waals surface area contributed by atoms with E-state index in [1.165, 1.54) is 0 Å². The first-order valence-electron chi connectivity index (χ1n) is 4.38. The van der Waals surface area contributed by atoms with Crippen molar-refractivity contribution >= 4 is 5.69 Å². The molecule has 6 heteroatoms. The van der Waals surface area contributed by atoms with Crippen LogP contribution in [0, 0.1) is 15.9 Å². The van der Waals surface area contributed by atoms with E-state index in [4.69, 9.17) is 5.73 Å². The van der Waals surface area contributed by atoms with Crippen LogP contribution in [0.1, 0.15) is 18.1 Å². The van der Waals surface area contributed by atoms with E-state index in [1.807, 2.05) is 0 Å². The summed E-state index contributed by atoms with van der Waals surface area (Å²) in [5.74, 6) is -0.619. The lowest BCUT2D eigenvalue weighted by Crippen LogP contribution is -2.09. The summed E-state index contributed by atoms with van der Waals surface area (Å²) in [4.78, 5) is 9.92. The molecule has 0 amide bonds. The van der Waals surface area contributed by atoms with Gasteiger partial charge in [0.15, 0.2) is 0 Å². The first-order valence-corrected chi connectivity index (χ1v) is 4.38. The van der Waals surface area contributed by atoms with E-state index in [-0.39, 0.29) is 24.2 Å². The quantitative estimate of drug-likeness (QED) is 0.580. The van der Waals surface area contributed by atoms with Gasteiger partial charge in [-0.15, -0.1) is 0 Å². The molecule has 0 bridgehead atoms. The number of nitro benzene ring substituents is 1. The zero-order chi connectivity index (χ0) is 11.4. The number of hydrogen-bond acceptors (Lipinski definition) is 4. The van der Waals surface area contributed by atoms with Crippen molar-refractivity contribution in [1.82, 2.24) is 0 Å². The summed E-state index contributed by atoms with van der Waals surface area (Å²) in [6.07, 6.45) is -0.948. The fourth-order valence-corrected chi connectivity index (χ4v) is 1.27. The highest BCUT2D eigenvalue weighted by Gasteiger charge is 2.20. The van der Waals surface area contributed by atoms with Gasteiger partial charge in [0.25, 0.3) is 5.69 Å². The predicted molar refractivity (Wildman–Crippen MR) is 51.7 cm³/mol. The van der Waals surface area contributed by atoms with Gasteiger partial charge in [-0.25, -0.2) is 4.39 Å². The Morgan fingerprint density at radius 2 is 2.27 bits per heavy atom. The minimum atomic E-state index is -1.11. The van der Waals surface area contributed by atoms with Crippen LogP contribution in [0.15, 0.2) is 18.2 Å². The normalized spacial score (nSPS) is 12.5. The lowest BCUT2D eigenvalue weighted by Gasteiger charge is -2.09. The molecule has 0 aliphatic carbocycles. The molecule has 82 valence electrons. The number of nitro groups is 1. The fraction of sp³-hybridized carbons (Fsp3) is 0.333. The highest BCUT2D eigenvalue weighted by atomic mass is 19.1. The Morgan fingerprint density at radius 1 is 1.60 bits per heavy atom. The lowest BCUT2D eigenvalue weighted by atomic mass is 10.0. The highest BCUT2D eigenvalue weighted by molar-refractivity contribution is 5.41. The summed E-state index contributed by atoms with van der Waals surface area (Å²) in [6, 6.07) is 2.97. The van der Waals surface area contributed by atoms with Crippen molar-refractivity contribution in [2.24, 2.45) is 5.73 Å². The minimum Gasteiger partial charge on any atom is -0.388 e. The molecule has 0 unspecified atom stereocenters.